The summed E-state index contributed by atoms with van der Waals surface area (Å²) in [4.78, 5) is -0.622. The van der Waals surface area contributed by atoms with Gasteiger partial charge in [0.15, 0.2) is 0 Å². The third-order valence-electron chi connectivity index (χ3n) is 4.22. The van der Waals surface area contributed by atoms with Crippen LogP contribution in [0.15, 0.2) is 70.5 Å². The summed E-state index contributed by atoms with van der Waals surface area (Å²) in [7, 11) is -8.87. The summed E-state index contributed by atoms with van der Waals surface area (Å²) in [6.07, 6.45) is 0. The smallest absolute Gasteiger partial charge is 0.296 e. The quantitative estimate of drug-likeness (QED) is 0.280. The molecule has 0 saturated heterocycles. The number of hydrogen-bond donors (Lipinski definition) is 5. The van der Waals surface area contributed by atoms with Gasteiger partial charge in [0.25, 0.3) is 20.2 Å². The van der Waals surface area contributed by atoms with Crippen LogP contribution in [0, 0.1) is 6.92 Å². The Morgan fingerprint density at radius 1 is 0.733 bits per heavy atom. The number of benzene rings is 3. The molecule has 158 valence electrons. The second-order valence-electron chi connectivity index (χ2n) is 6.51. The van der Waals surface area contributed by atoms with Crippen molar-refractivity contribution in [2.45, 2.75) is 16.7 Å². The number of nitrogens with one attached hydrogen (secondary N) is 2. The zero-order chi connectivity index (χ0) is 22.1. The second-order valence-corrected chi connectivity index (χ2v) is 9.32. The summed E-state index contributed by atoms with van der Waals surface area (Å²) >= 11 is 0. The van der Waals surface area contributed by atoms with E-state index in [1.54, 1.807) is 31.2 Å². The molecule has 0 radical (unpaired) electrons. The molecule has 6 N–H and O–H groups in total. The van der Waals surface area contributed by atoms with Crippen molar-refractivity contribution in [3.63, 3.8) is 0 Å². The summed E-state index contributed by atoms with van der Waals surface area (Å²) in [5.74, 6) is 0. The van der Waals surface area contributed by atoms with E-state index in [2.05, 4.69) is 10.6 Å². The van der Waals surface area contributed by atoms with Gasteiger partial charge in [-0.05, 0) is 73.2 Å². The van der Waals surface area contributed by atoms with Crippen molar-refractivity contribution in [3.05, 3.63) is 66.2 Å². The number of aryl methyl sites for hydroxylation is 1. The first-order chi connectivity index (χ1) is 13.9. The molecule has 0 aromatic heterocycles. The summed E-state index contributed by atoms with van der Waals surface area (Å²) in [5, 5.41) is 5.88. The standard InChI is InChI=1S/C19H19N3O6S2/c1-12-10-13(20)2-8-17(12)22-18-9-5-15(11-19(18)30(26,27)28)21-14-3-6-16(7-4-14)29(23,24)25/h2-11,21-22H,20H2,1H3,(H,23,24,25)(H,26,27,28). The Hall–Kier alpha value is -3.12. The lowest BCUT2D eigenvalue weighted by atomic mass is 10.1. The van der Waals surface area contributed by atoms with Crippen LogP contribution in [-0.4, -0.2) is 25.9 Å². The Morgan fingerprint density at radius 2 is 1.33 bits per heavy atom. The number of nitrogen functional groups attached to an aromatic ring is 1. The third kappa shape index (κ3) is 5.07. The number of hydrogen-bond acceptors (Lipinski definition) is 7. The van der Waals surface area contributed by atoms with Crippen molar-refractivity contribution < 1.29 is 25.9 Å². The number of anilines is 5. The minimum absolute atomic E-state index is 0.164. The second kappa shape index (κ2) is 7.95. The average molecular weight is 450 g/mol. The molecule has 0 heterocycles. The van der Waals surface area contributed by atoms with Crippen LogP contribution in [0.1, 0.15) is 5.56 Å². The van der Waals surface area contributed by atoms with E-state index in [1.807, 2.05) is 0 Å². The molecule has 3 aromatic rings. The molecule has 0 aliphatic carbocycles. The van der Waals surface area contributed by atoms with E-state index in [0.29, 0.717) is 22.7 Å². The molecule has 0 spiro atoms. The molecule has 3 aromatic carbocycles. The van der Waals surface area contributed by atoms with E-state index < -0.39 is 20.2 Å². The Bertz CT molecular complexity index is 1300. The summed E-state index contributed by atoms with van der Waals surface area (Å²) in [6.45, 7) is 1.80. The molecule has 0 bridgehead atoms. The van der Waals surface area contributed by atoms with Gasteiger partial charge >= 0.3 is 0 Å². The highest BCUT2D eigenvalue weighted by molar-refractivity contribution is 7.86. The van der Waals surface area contributed by atoms with E-state index in [1.165, 1.54) is 36.4 Å². The Kier molecular flexibility index (Phi) is 5.72. The lowest BCUT2D eigenvalue weighted by Gasteiger charge is -2.15. The van der Waals surface area contributed by atoms with E-state index in [-0.39, 0.29) is 15.5 Å². The molecule has 3 rings (SSSR count). The van der Waals surface area contributed by atoms with Crippen molar-refractivity contribution in [2.75, 3.05) is 16.4 Å². The minimum Gasteiger partial charge on any atom is -0.399 e. The van der Waals surface area contributed by atoms with Crippen LogP contribution < -0.4 is 16.4 Å². The summed E-state index contributed by atoms with van der Waals surface area (Å²) < 4.78 is 64.8. The zero-order valence-corrected chi connectivity index (χ0v) is 17.3. The predicted octanol–water partition coefficient (Wildman–Crippen LogP) is 3.56. The van der Waals surface area contributed by atoms with Gasteiger partial charge in [0.2, 0.25) is 0 Å². The van der Waals surface area contributed by atoms with Gasteiger partial charge in [0.1, 0.15) is 4.90 Å². The first-order valence-corrected chi connectivity index (χ1v) is 11.4. The lowest BCUT2D eigenvalue weighted by molar-refractivity contribution is 0.481. The van der Waals surface area contributed by atoms with Gasteiger partial charge in [-0.25, -0.2) is 0 Å². The van der Waals surface area contributed by atoms with Gasteiger partial charge in [0, 0.05) is 22.7 Å². The number of rotatable bonds is 6. The minimum atomic E-state index is -4.56. The SMILES string of the molecule is Cc1cc(N)ccc1Nc1ccc(Nc2ccc(S(=O)(=O)O)cc2)cc1S(=O)(=O)O. The lowest BCUT2D eigenvalue weighted by Crippen LogP contribution is -2.05. The fraction of sp³-hybridized carbons (Fsp3) is 0.0526. The molecule has 0 aliphatic rings. The first kappa shape index (κ1) is 21.6. The molecule has 0 aliphatic heterocycles. The molecule has 9 nitrogen and oxygen atoms in total. The molecule has 0 unspecified atom stereocenters. The van der Waals surface area contributed by atoms with Crippen LogP contribution in [0.4, 0.5) is 28.4 Å². The largest absolute Gasteiger partial charge is 0.399 e. The van der Waals surface area contributed by atoms with E-state index in [4.69, 9.17) is 10.3 Å². The molecule has 11 heteroatoms. The third-order valence-corrected chi connectivity index (χ3v) is 5.98. The van der Waals surface area contributed by atoms with E-state index in [9.17, 15) is 21.4 Å². The highest BCUT2D eigenvalue weighted by Crippen LogP contribution is 2.31. The highest BCUT2D eigenvalue weighted by atomic mass is 32.2. The van der Waals surface area contributed by atoms with E-state index >= 15 is 0 Å². The first-order valence-electron chi connectivity index (χ1n) is 8.53. The van der Waals surface area contributed by atoms with Crippen LogP contribution in [0.2, 0.25) is 0 Å². The Labute approximate surface area is 174 Å². The number of nitrogens with two attached hydrogens (primary N) is 1. The van der Waals surface area contributed by atoms with Gasteiger partial charge < -0.3 is 16.4 Å². The molecular weight excluding hydrogens is 430 g/mol. The van der Waals surface area contributed by atoms with Gasteiger partial charge in [-0.1, -0.05) is 0 Å². The maximum atomic E-state index is 11.9. The van der Waals surface area contributed by atoms with Gasteiger partial charge in [-0.2, -0.15) is 16.8 Å². The fourth-order valence-corrected chi connectivity index (χ4v) is 3.92. The molecule has 0 fully saturated rings. The molecule has 0 atom stereocenters. The maximum Gasteiger partial charge on any atom is 0.296 e. The Morgan fingerprint density at radius 3 is 1.90 bits per heavy atom. The van der Waals surface area contributed by atoms with E-state index in [0.717, 1.165) is 5.56 Å². The van der Waals surface area contributed by atoms with Gasteiger partial charge in [0.05, 0.1) is 10.6 Å². The van der Waals surface area contributed by atoms with Crippen molar-refractivity contribution in [1.29, 1.82) is 0 Å². The molecular formula is C19H19N3O6S2. The van der Waals surface area contributed by atoms with Crippen molar-refractivity contribution in [1.82, 2.24) is 0 Å². The van der Waals surface area contributed by atoms with Crippen LogP contribution in [0.3, 0.4) is 0 Å². The molecule has 0 amide bonds. The molecule has 0 saturated carbocycles. The van der Waals surface area contributed by atoms with Crippen LogP contribution in [-0.2, 0) is 20.2 Å². The summed E-state index contributed by atoms with van der Waals surface area (Å²) in [6, 6.07) is 14.6. The normalized spacial score (nSPS) is 11.8. The highest BCUT2D eigenvalue weighted by Gasteiger charge is 2.17. The maximum absolute atomic E-state index is 11.9. The van der Waals surface area contributed by atoms with Crippen LogP contribution in [0.5, 0.6) is 0 Å². The monoisotopic (exact) mass is 449 g/mol. The van der Waals surface area contributed by atoms with Gasteiger partial charge in [-0.15, -0.1) is 0 Å². The predicted molar refractivity (Wildman–Crippen MR) is 115 cm³/mol. The molecule has 30 heavy (non-hydrogen) atoms. The van der Waals surface area contributed by atoms with Crippen molar-refractivity contribution in [3.8, 4) is 0 Å². The topological polar surface area (TPSA) is 159 Å². The average Bonchev–Trinajstić information content (AvgIpc) is 2.64. The Balaban J connectivity index is 1.93. The zero-order valence-electron chi connectivity index (χ0n) is 15.7. The van der Waals surface area contributed by atoms with Gasteiger partial charge in [-0.3, -0.25) is 9.11 Å². The van der Waals surface area contributed by atoms with Crippen LogP contribution in [0.25, 0.3) is 0 Å². The van der Waals surface area contributed by atoms with Crippen molar-refractivity contribution in [2.24, 2.45) is 0 Å². The van der Waals surface area contributed by atoms with Crippen molar-refractivity contribution >= 4 is 48.7 Å². The fourth-order valence-electron chi connectivity index (χ4n) is 2.77. The summed E-state index contributed by atoms with van der Waals surface area (Å²) in [5.41, 5.74) is 8.64. The van der Waals surface area contributed by atoms with Crippen LogP contribution >= 0.6 is 0 Å².